The Kier molecular flexibility index (Phi) is 9.09. The fourth-order valence-corrected chi connectivity index (χ4v) is 3.23. The molecule has 2 atom stereocenters. The number of halogens is 2. The van der Waals surface area contributed by atoms with Crippen LogP contribution in [0.1, 0.15) is 22.7 Å². The highest BCUT2D eigenvalue weighted by Gasteiger charge is 2.24. The largest absolute Gasteiger partial charge is 0.353 e. The number of rotatable bonds is 5. The minimum Gasteiger partial charge on any atom is -0.353 e. The van der Waals surface area contributed by atoms with Crippen LogP contribution in [0.2, 0.25) is 0 Å². The van der Waals surface area contributed by atoms with Gasteiger partial charge in [-0.2, -0.15) is 0 Å². The average molecular weight is 396 g/mol. The van der Waals surface area contributed by atoms with Gasteiger partial charge in [0.15, 0.2) is 0 Å². The molecule has 0 saturated carbocycles. The van der Waals surface area contributed by atoms with E-state index in [1.807, 2.05) is 44.4 Å². The lowest BCUT2D eigenvalue weighted by molar-refractivity contribution is -0.123. The summed E-state index contributed by atoms with van der Waals surface area (Å²) < 4.78 is 0. The fraction of sp³-hybridized carbons (Fsp3) is 0.350. The van der Waals surface area contributed by atoms with E-state index in [0.717, 1.165) is 13.0 Å². The first-order valence-electron chi connectivity index (χ1n) is 8.44. The van der Waals surface area contributed by atoms with Crippen molar-refractivity contribution in [3.05, 3.63) is 71.3 Å². The zero-order valence-electron chi connectivity index (χ0n) is 15.1. The van der Waals surface area contributed by atoms with Crippen LogP contribution >= 0.6 is 24.8 Å². The third-order valence-corrected chi connectivity index (χ3v) is 4.68. The molecule has 1 aliphatic rings. The molecule has 2 aromatic carbocycles. The number of benzene rings is 2. The first-order valence-corrected chi connectivity index (χ1v) is 8.44. The number of carbonyl (C=O) groups is 1. The molecule has 2 aromatic rings. The molecule has 0 fully saturated rings. The standard InChI is InChI=1S/C20H25N3O.2ClH/c1-23(2)19(15-8-4-3-5-9-15)14-22-20(24)18-12-16-10-6-7-11-17(16)13-21-18;;/h3-11,18-19,21H,12-14H2,1-2H3,(H,22,24);2*1H. The first-order chi connectivity index (χ1) is 11.6. The fourth-order valence-electron chi connectivity index (χ4n) is 3.23. The summed E-state index contributed by atoms with van der Waals surface area (Å²) in [6.45, 7) is 1.36. The molecule has 4 nitrogen and oxygen atoms in total. The molecular formula is C20H27Cl2N3O. The molecule has 2 N–H and O–H groups in total. The molecule has 2 unspecified atom stereocenters. The monoisotopic (exact) mass is 395 g/mol. The van der Waals surface area contributed by atoms with E-state index >= 15 is 0 Å². The van der Waals surface area contributed by atoms with Gasteiger partial charge in [-0.25, -0.2) is 0 Å². The molecule has 0 saturated heterocycles. The second-order valence-electron chi connectivity index (χ2n) is 6.54. The first kappa shape index (κ1) is 22.5. The van der Waals surface area contributed by atoms with E-state index < -0.39 is 0 Å². The maximum absolute atomic E-state index is 12.6. The Bertz CT molecular complexity index is 694. The van der Waals surface area contributed by atoms with Gasteiger partial charge in [0, 0.05) is 13.1 Å². The highest BCUT2D eigenvalue weighted by Crippen LogP contribution is 2.18. The number of amides is 1. The molecule has 0 bridgehead atoms. The van der Waals surface area contributed by atoms with Crippen molar-refractivity contribution in [2.24, 2.45) is 0 Å². The third kappa shape index (κ3) is 5.45. The van der Waals surface area contributed by atoms with E-state index in [2.05, 4.69) is 39.8 Å². The summed E-state index contributed by atoms with van der Waals surface area (Å²) in [7, 11) is 4.08. The van der Waals surface area contributed by atoms with Gasteiger partial charge in [0.05, 0.1) is 12.1 Å². The summed E-state index contributed by atoms with van der Waals surface area (Å²) in [5.74, 6) is 0.0762. The molecule has 1 amide bonds. The Hall–Kier alpha value is -1.59. The number of carbonyl (C=O) groups excluding carboxylic acids is 1. The zero-order chi connectivity index (χ0) is 16.9. The van der Waals surface area contributed by atoms with Crippen molar-refractivity contribution in [2.45, 2.75) is 25.0 Å². The van der Waals surface area contributed by atoms with Crippen LogP contribution in [0.5, 0.6) is 0 Å². The van der Waals surface area contributed by atoms with Gasteiger partial charge < -0.3 is 15.5 Å². The number of hydrogen-bond donors (Lipinski definition) is 2. The van der Waals surface area contributed by atoms with Crippen molar-refractivity contribution < 1.29 is 4.79 Å². The maximum Gasteiger partial charge on any atom is 0.237 e. The van der Waals surface area contributed by atoms with Crippen LogP contribution in [-0.4, -0.2) is 37.5 Å². The van der Waals surface area contributed by atoms with Gasteiger partial charge in [-0.3, -0.25) is 4.79 Å². The van der Waals surface area contributed by atoms with Crippen LogP contribution in [0.3, 0.4) is 0 Å². The minimum atomic E-state index is -0.154. The molecule has 0 aliphatic carbocycles. The van der Waals surface area contributed by atoms with Gasteiger partial charge in [-0.15, -0.1) is 24.8 Å². The molecule has 0 aromatic heterocycles. The summed E-state index contributed by atoms with van der Waals surface area (Å²) in [5.41, 5.74) is 3.77. The Morgan fingerprint density at radius 3 is 2.35 bits per heavy atom. The molecule has 26 heavy (non-hydrogen) atoms. The number of nitrogens with one attached hydrogen (secondary N) is 2. The van der Waals surface area contributed by atoms with Crippen molar-refractivity contribution in [1.29, 1.82) is 0 Å². The van der Waals surface area contributed by atoms with E-state index in [9.17, 15) is 4.79 Å². The van der Waals surface area contributed by atoms with E-state index in [4.69, 9.17) is 0 Å². The third-order valence-electron chi connectivity index (χ3n) is 4.68. The van der Waals surface area contributed by atoms with Crippen LogP contribution < -0.4 is 10.6 Å². The SMILES string of the molecule is CN(C)C(CNC(=O)C1Cc2ccccc2CN1)c1ccccc1.Cl.Cl. The summed E-state index contributed by atoms with van der Waals surface area (Å²) in [4.78, 5) is 14.7. The second kappa shape index (κ2) is 10.5. The molecule has 0 radical (unpaired) electrons. The average Bonchev–Trinajstić information content (AvgIpc) is 2.62. The molecule has 3 rings (SSSR count). The van der Waals surface area contributed by atoms with Gasteiger partial charge >= 0.3 is 0 Å². The van der Waals surface area contributed by atoms with Crippen molar-refractivity contribution in [3.63, 3.8) is 0 Å². The molecule has 6 heteroatoms. The molecular weight excluding hydrogens is 369 g/mol. The van der Waals surface area contributed by atoms with Crippen molar-refractivity contribution >= 4 is 30.7 Å². The Balaban J connectivity index is 0.00000169. The lowest BCUT2D eigenvalue weighted by Gasteiger charge is -2.28. The van der Waals surface area contributed by atoms with E-state index in [-0.39, 0.29) is 42.8 Å². The summed E-state index contributed by atoms with van der Waals surface area (Å²) in [6.07, 6.45) is 0.750. The van der Waals surface area contributed by atoms with Crippen LogP contribution in [0.4, 0.5) is 0 Å². The summed E-state index contributed by atoms with van der Waals surface area (Å²) >= 11 is 0. The van der Waals surface area contributed by atoms with Gasteiger partial charge in [-0.1, -0.05) is 54.6 Å². The lowest BCUT2D eigenvalue weighted by atomic mass is 9.95. The second-order valence-corrected chi connectivity index (χ2v) is 6.54. The molecule has 1 heterocycles. The predicted molar refractivity (Wildman–Crippen MR) is 111 cm³/mol. The molecule has 1 aliphatic heterocycles. The van der Waals surface area contributed by atoms with Crippen molar-refractivity contribution in [3.8, 4) is 0 Å². The molecule has 0 spiro atoms. The zero-order valence-corrected chi connectivity index (χ0v) is 16.8. The number of likely N-dealkylation sites (N-methyl/N-ethyl adjacent to an activating group) is 1. The normalized spacial score (nSPS) is 16.7. The van der Waals surface area contributed by atoms with Crippen LogP contribution in [0.25, 0.3) is 0 Å². The van der Waals surface area contributed by atoms with E-state index in [1.165, 1.54) is 16.7 Å². The number of nitrogens with zero attached hydrogens (tertiary/aromatic N) is 1. The quantitative estimate of drug-likeness (QED) is 0.817. The molecule has 142 valence electrons. The topological polar surface area (TPSA) is 44.4 Å². The van der Waals surface area contributed by atoms with Gasteiger partial charge in [0.2, 0.25) is 5.91 Å². The maximum atomic E-state index is 12.6. The van der Waals surface area contributed by atoms with Crippen molar-refractivity contribution in [1.82, 2.24) is 15.5 Å². The van der Waals surface area contributed by atoms with Gasteiger partial charge in [0.25, 0.3) is 0 Å². The smallest absolute Gasteiger partial charge is 0.237 e. The number of fused-ring (bicyclic) bond motifs is 1. The Morgan fingerprint density at radius 2 is 1.69 bits per heavy atom. The highest BCUT2D eigenvalue weighted by atomic mass is 35.5. The van der Waals surface area contributed by atoms with Crippen molar-refractivity contribution in [2.75, 3.05) is 20.6 Å². The Morgan fingerprint density at radius 1 is 1.08 bits per heavy atom. The Labute approximate surface area is 168 Å². The summed E-state index contributed by atoms with van der Waals surface area (Å²) in [5, 5.41) is 6.46. The van der Waals surface area contributed by atoms with E-state index in [0.29, 0.717) is 6.54 Å². The predicted octanol–water partition coefficient (Wildman–Crippen LogP) is 2.96. The number of hydrogen-bond acceptors (Lipinski definition) is 3. The minimum absolute atomic E-state index is 0. The highest BCUT2D eigenvalue weighted by molar-refractivity contribution is 5.85. The van der Waals surface area contributed by atoms with Crippen LogP contribution in [-0.2, 0) is 17.8 Å². The van der Waals surface area contributed by atoms with Gasteiger partial charge in [0.1, 0.15) is 0 Å². The van der Waals surface area contributed by atoms with E-state index in [1.54, 1.807) is 0 Å². The van der Waals surface area contributed by atoms with Crippen LogP contribution in [0, 0.1) is 0 Å². The van der Waals surface area contributed by atoms with Gasteiger partial charge in [-0.05, 0) is 37.2 Å². The summed E-state index contributed by atoms with van der Waals surface area (Å²) in [6, 6.07) is 18.6. The van der Waals surface area contributed by atoms with Crippen LogP contribution in [0.15, 0.2) is 54.6 Å². The lowest BCUT2D eigenvalue weighted by Crippen LogP contribution is -2.49.